The van der Waals surface area contributed by atoms with E-state index >= 15 is 0 Å². The van der Waals surface area contributed by atoms with Crippen LogP contribution in [0.1, 0.15) is 34.6 Å². The Bertz CT molecular complexity index is 645. The van der Waals surface area contributed by atoms with Gasteiger partial charge in [0.05, 0.1) is 19.3 Å². The van der Waals surface area contributed by atoms with Crippen LogP contribution in [0.25, 0.3) is 0 Å². The molecule has 1 aliphatic heterocycles. The van der Waals surface area contributed by atoms with E-state index in [1.54, 1.807) is 7.11 Å². The van der Waals surface area contributed by atoms with Crippen molar-refractivity contribution in [3.8, 4) is 5.75 Å². The van der Waals surface area contributed by atoms with Crippen LogP contribution in [0.15, 0.2) is 24.3 Å². The van der Waals surface area contributed by atoms with Gasteiger partial charge in [0, 0.05) is 13.0 Å². The molecule has 1 aliphatic rings. The molecule has 0 spiro atoms. The van der Waals surface area contributed by atoms with Crippen LogP contribution in [0.4, 0.5) is 0 Å². The van der Waals surface area contributed by atoms with E-state index in [1.165, 1.54) is 12.8 Å². The SMILES string of the molecule is COc1ccc(Cc2c(C=O)nnn2CCN2CCCC2)cc1. The maximum Gasteiger partial charge on any atom is 0.172 e. The van der Waals surface area contributed by atoms with Gasteiger partial charge >= 0.3 is 0 Å². The van der Waals surface area contributed by atoms with Gasteiger partial charge in [-0.3, -0.25) is 4.79 Å². The van der Waals surface area contributed by atoms with Crippen LogP contribution in [0.2, 0.25) is 0 Å². The van der Waals surface area contributed by atoms with E-state index in [0.717, 1.165) is 49.5 Å². The maximum atomic E-state index is 11.2. The highest BCUT2D eigenvalue weighted by Crippen LogP contribution is 2.16. The third-order valence-electron chi connectivity index (χ3n) is 4.34. The fourth-order valence-corrected chi connectivity index (χ4v) is 2.98. The van der Waals surface area contributed by atoms with E-state index in [1.807, 2.05) is 28.9 Å². The second kappa shape index (κ2) is 7.37. The smallest absolute Gasteiger partial charge is 0.172 e. The van der Waals surface area contributed by atoms with Crippen LogP contribution in [-0.4, -0.2) is 52.9 Å². The lowest BCUT2D eigenvalue weighted by Gasteiger charge is -2.15. The quantitative estimate of drug-likeness (QED) is 0.729. The number of benzene rings is 1. The summed E-state index contributed by atoms with van der Waals surface area (Å²) in [5.74, 6) is 0.824. The van der Waals surface area contributed by atoms with E-state index in [-0.39, 0.29) is 0 Å². The molecule has 1 saturated heterocycles. The van der Waals surface area contributed by atoms with Crippen molar-refractivity contribution in [2.24, 2.45) is 0 Å². The Morgan fingerprint density at radius 1 is 1.17 bits per heavy atom. The molecule has 122 valence electrons. The molecular formula is C17H22N4O2. The van der Waals surface area contributed by atoms with E-state index in [2.05, 4.69) is 15.2 Å². The third-order valence-corrected chi connectivity index (χ3v) is 4.34. The molecule has 0 radical (unpaired) electrons. The number of methoxy groups -OCH3 is 1. The van der Waals surface area contributed by atoms with Gasteiger partial charge in [0.2, 0.25) is 0 Å². The van der Waals surface area contributed by atoms with E-state index in [4.69, 9.17) is 4.74 Å². The fraction of sp³-hybridized carbons (Fsp3) is 0.471. The molecule has 6 heteroatoms. The number of carbonyl (C=O) groups excluding carboxylic acids is 1. The Morgan fingerprint density at radius 3 is 2.57 bits per heavy atom. The summed E-state index contributed by atoms with van der Waals surface area (Å²) >= 11 is 0. The molecule has 0 bridgehead atoms. The molecule has 0 unspecified atom stereocenters. The zero-order valence-electron chi connectivity index (χ0n) is 13.4. The summed E-state index contributed by atoms with van der Waals surface area (Å²) < 4.78 is 7.04. The summed E-state index contributed by atoms with van der Waals surface area (Å²) in [4.78, 5) is 13.7. The number of carbonyl (C=O) groups is 1. The average molecular weight is 314 g/mol. The molecule has 0 amide bonds. The highest BCUT2D eigenvalue weighted by molar-refractivity contribution is 5.73. The number of hydrogen-bond acceptors (Lipinski definition) is 5. The number of aldehydes is 1. The molecule has 1 aromatic heterocycles. The second-order valence-corrected chi connectivity index (χ2v) is 5.84. The lowest BCUT2D eigenvalue weighted by Crippen LogP contribution is -2.25. The lowest BCUT2D eigenvalue weighted by molar-refractivity contribution is 0.111. The first-order valence-corrected chi connectivity index (χ1v) is 8.03. The first kappa shape index (κ1) is 15.7. The lowest BCUT2D eigenvalue weighted by atomic mass is 10.1. The molecule has 0 aliphatic carbocycles. The zero-order valence-corrected chi connectivity index (χ0v) is 13.4. The minimum Gasteiger partial charge on any atom is -0.497 e. The molecule has 0 saturated carbocycles. The zero-order chi connectivity index (χ0) is 16.1. The van der Waals surface area contributed by atoms with Crippen LogP contribution in [0.3, 0.4) is 0 Å². The Labute approximate surface area is 136 Å². The van der Waals surface area contributed by atoms with Gasteiger partial charge in [0.25, 0.3) is 0 Å². The highest BCUT2D eigenvalue weighted by Gasteiger charge is 2.16. The number of hydrogen-bond donors (Lipinski definition) is 0. The standard InChI is InChI=1S/C17H22N4O2/c1-23-15-6-4-14(5-7-15)12-17-16(13-22)18-19-21(17)11-10-20-8-2-3-9-20/h4-7,13H,2-3,8-12H2,1H3. The van der Waals surface area contributed by atoms with Gasteiger partial charge < -0.3 is 9.64 Å². The minimum atomic E-state index is 0.433. The summed E-state index contributed by atoms with van der Waals surface area (Å²) in [7, 11) is 1.65. The summed E-state index contributed by atoms with van der Waals surface area (Å²) in [6.45, 7) is 4.04. The maximum absolute atomic E-state index is 11.2. The molecule has 2 aromatic rings. The van der Waals surface area contributed by atoms with E-state index in [0.29, 0.717) is 12.1 Å². The predicted molar refractivity (Wildman–Crippen MR) is 86.9 cm³/mol. The number of nitrogens with zero attached hydrogens (tertiary/aromatic N) is 4. The van der Waals surface area contributed by atoms with Gasteiger partial charge in [-0.25, -0.2) is 4.68 Å². The van der Waals surface area contributed by atoms with Crippen molar-refractivity contribution in [2.75, 3.05) is 26.7 Å². The second-order valence-electron chi connectivity index (χ2n) is 5.84. The van der Waals surface area contributed by atoms with Crippen molar-refractivity contribution in [3.63, 3.8) is 0 Å². The Balaban J connectivity index is 1.72. The van der Waals surface area contributed by atoms with Gasteiger partial charge in [0.15, 0.2) is 6.29 Å². The molecule has 2 heterocycles. The van der Waals surface area contributed by atoms with Crippen molar-refractivity contribution >= 4 is 6.29 Å². The third kappa shape index (κ3) is 3.76. The Hall–Kier alpha value is -2.21. The Morgan fingerprint density at radius 2 is 1.91 bits per heavy atom. The molecule has 23 heavy (non-hydrogen) atoms. The predicted octanol–water partition coefficient (Wildman–Crippen LogP) is 1.79. The van der Waals surface area contributed by atoms with Crippen molar-refractivity contribution in [2.45, 2.75) is 25.8 Å². The summed E-state index contributed by atoms with van der Waals surface area (Å²) in [5, 5.41) is 8.17. The number of aromatic nitrogens is 3. The van der Waals surface area contributed by atoms with Gasteiger partial charge in [-0.2, -0.15) is 0 Å². The van der Waals surface area contributed by atoms with Crippen LogP contribution in [0, 0.1) is 0 Å². The van der Waals surface area contributed by atoms with Crippen LogP contribution in [-0.2, 0) is 13.0 Å². The molecule has 0 atom stereocenters. The first-order chi connectivity index (χ1) is 11.3. The van der Waals surface area contributed by atoms with Crippen LogP contribution >= 0.6 is 0 Å². The van der Waals surface area contributed by atoms with Gasteiger partial charge in [-0.05, 0) is 43.6 Å². The normalized spacial score (nSPS) is 15.0. The largest absolute Gasteiger partial charge is 0.497 e. The van der Waals surface area contributed by atoms with Crippen molar-refractivity contribution in [1.29, 1.82) is 0 Å². The van der Waals surface area contributed by atoms with Crippen LogP contribution < -0.4 is 4.74 Å². The van der Waals surface area contributed by atoms with Gasteiger partial charge in [-0.1, -0.05) is 17.3 Å². The monoisotopic (exact) mass is 314 g/mol. The van der Waals surface area contributed by atoms with Crippen LogP contribution in [0.5, 0.6) is 5.75 Å². The number of rotatable bonds is 7. The average Bonchev–Trinajstić information content (AvgIpc) is 3.23. The highest BCUT2D eigenvalue weighted by atomic mass is 16.5. The topological polar surface area (TPSA) is 60.2 Å². The molecule has 3 rings (SSSR count). The van der Waals surface area contributed by atoms with E-state index in [9.17, 15) is 4.79 Å². The molecular weight excluding hydrogens is 292 g/mol. The minimum absolute atomic E-state index is 0.433. The van der Waals surface area contributed by atoms with Crippen molar-refractivity contribution in [1.82, 2.24) is 19.9 Å². The van der Waals surface area contributed by atoms with Gasteiger partial charge in [-0.15, -0.1) is 5.10 Å². The fourth-order valence-electron chi connectivity index (χ4n) is 2.98. The summed E-state index contributed by atoms with van der Waals surface area (Å²) in [5.41, 5.74) is 2.42. The molecule has 6 nitrogen and oxygen atoms in total. The first-order valence-electron chi connectivity index (χ1n) is 8.03. The summed E-state index contributed by atoms with van der Waals surface area (Å²) in [6.07, 6.45) is 3.98. The van der Waals surface area contributed by atoms with Gasteiger partial charge in [0.1, 0.15) is 11.4 Å². The molecule has 1 fully saturated rings. The van der Waals surface area contributed by atoms with Crippen molar-refractivity contribution < 1.29 is 9.53 Å². The number of likely N-dealkylation sites (tertiary alicyclic amines) is 1. The molecule has 1 aromatic carbocycles. The molecule has 0 N–H and O–H groups in total. The van der Waals surface area contributed by atoms with Crippen molar-refractivity contribution in [3.05, 3.63) is 41.2 Å². The number of ether oxygens (including phenoxy) is 1. The Kier molecular flexibility index (Phi) is 5.02. The summed E-state index contributed by atoms with van der Waals surface area (Å²) in [6, 6.07) is 7.86. The van der Waals surface area contributed by atoms with E-state index < -0.39 is 0 Å².